The van der Waals surface area contributed by atoms with Gasteiger partial charge in [0.25, 0.3) is 5.78 Å². The zero-order chi connectivity index (χ0) is 13.8. The molecule has 4 nitrogen and oxygen atoms in total. The van der Waals surface area contributed by atoms with E-state index in [-0.39, 0.29) is 0 Å². The second-order valence-electron chi connectivity index (χ2n) is 3.71. The first kappa shape index (κ1) is 13.3. The van der Waals surface area contributed by atoms with Crippen molar-refractivity contribution in [2.45, 2.75) is 0 Å². The van der Waals surface area contributed by atoms with Crippen LogP contribution in [0.4, 0.5) is 0 Å². The van der Waals surface area contributed by atoms with Crippen LogP contribution in [0, 0.1) is 0 Å². The number of hydrogen-bond acceptors (Lipinski definition) is 3. The normalized spacial score (nSPS) is 10.8. The summed E-state index contributed by atoms with van der Waals surface area (Å²) in [6, 6.07) is 11.0. The van der Waals surface area contributed by atoms with Gasteiger partial charge >= 0.3 is 5.97 Å². The summed E-state index contributed by atoms with van der Waals surface area (Å²) in [7, 11) is 0. The van der Waals surface area contributed by atoms with Crippen LogP contribution in [-0.2, 0) is 9.59 Å². The molecular weight excluding hydrogens is 312 g/mol. The van der Waals surface area contributed by atoms with E-state index >= 15 is 0 Å². The SMILES string of the molecule is O=C(O)C(=O)/C=C/c1ccc(-c2ccc(Br)cc2)o1. The lowest BCUT2D eigenvalue weighted by atomic mass is 10.2. The average molecular weight is 321 g/mol. The number of carboxylic acids is 1. The Bertz CT molecular complexity index is 638. The van der Waals surface area contributed by atoms with Crippen LogP contribution in [0.1, 0.15) is 5.76 Å². The van der Waals surface area contributed by atoms with E-state index in [0.717, 1.165) is 16.1 Å². The van der Waals surface area contributed by atoms with E-state index in [1.165, 1.54) is 6.08 Å². The predicted octanol–water partition coefficient (Wildman–Crippen LogP) is 3.38. The highest BCUT2D eigenvalue weighted by Gasteiger charge is 2.07. The Kier molecular flexibility index (Phi) is 3.97. The second-order valence-corrected chi connectivity index (χ2v) is 4.63. The zero-order valence-corrected chi connectivity index (χ0v) is 11.3. The summed E-state index contributed by atoms with van der Waals surface area (Å²) in [5.41, 5.74) is 0.896. The first-order valence-corrected chi connectivity index (χ1v) is 6.16. The smallest absolute Gasteiger partial charge is 0.376 e. The topological polar surface area (TPSA) is 67.5 Å². The quantitative estimate of drug-likeness (QED) is 0.692. The summed E-state index contributed by atoms with van der Waals surface area (Å²) < 4.78 is 6.46. The Morgan fingerprint density at radius 3 is 2.42 bits per heavy atom. The minimum atomic E-state index is -1.49. The van der Waals surface area contributed by atoms with Crippen LogP contribution in [0.25, 0.3) is 17.4 Å². The molecule has 0 bridgehead atoms. The average Bonchev–Trinajstić information content (AvgIpc) is 2.85. The van der Waals surface area contributed by atoms with Crippen molar-refractivity contribution in [3.8, 4) is 11.3 Å². The van der Waals surface area contributed by atoms with Crippen molar-refractivity contribution in [3.63, 3.8) is 0 Å². The molecule has 0 saturated carbocycles. The molecule has 0 aliphatic carbocycles. The van der Waals surface area contributed by atoms with E-state index in [1.807, 2.05) is 24.3 Å². The van der Waals surface area contributed by atoms with Gasteiger partial charge < -0.3 is 9.52 Å². The molecule has 0 aliphatic heterocycles. The van der Waals surface area contributed by atoms with E-state index in [1.54, 1.807) is 12.1 Å². The molecule has 0 amide bonds. The first-order valence-electron chi connectivity index (χ1n) is 5.37. The number of benzene rings is 1. The van der Waals surface area contributed by atoms with Crippen molar-refractivity contribution in [2.24, 2.45) is 0 Å². The summed E-state index contributed by atoms with van der Waals surface area (Å²) >= 11 is 3.34. The molecule has 96 valence electrons. The molecule has 0 aliphatic rings. The molecule has 0 radical (unpaired) electrons. The Balaban J connectivity index is 2.17. The van der Waals surface area contributed by atoms with Gasteiger partial charge in [-0.1, -0.05) is 28.1 Å². The van der Waals surface area contributed by atoms with Gasteiger partial charge in [-0.3, -0.25) is 4.79 Å². The number of ketones is 1. The molecule has 0 saturated heterocycles. The van der Waals surface area contributed by atoms with Crippen molar-refractivity contribution in [1.82, 2.24) is 0 Å². The van der Waals surface area contributed by atoms with Gasteiger partial charge in [0.1, 0.15) is 11.5 Å². The lowest BCUT2D eigenvalue weighted by molar-refractivity contribution is -0.146. The third kappa shape index (κ3) is 3.42. The second kappa shape index (κ2) is 5.67. The molecule has 2 rings (SSSR count). The van der Waals surface area contributed by atoms with E-state index in [0.29, 0.717) is 11.5 Å². The number of halogens is 1. The van der Waals surface area contributed by atoms with Crippen LogP contribution >= 0.6 is 15.9 Å². The van der Waals surface area contributed by atoms with Gasteiger partial charge in [0.2, 0.25) is 0 Å². The molecule has 19 heavy (non-hydrogen) atoms. The molecule has 0 spiro atoms. The number of hydrogen-bond donors (Lipinski definition) is 1. The van der Waals surface area contributed by atoms with Gasteiger partial charge in [-0.25, -0.2) is 4.79 Å². The fourth-order valence-electron chi connectivity index (χ4n) is 1.44. The van der Waals surface area contributed by atoms with Crippen LogP contribution in [0.5, 0.6) is 0 Å². The van der Waals surface area contributed by atoms with E-state index in [2.05, 4.69) is 15.9 Å². The Hall–Kier alpha value is -2.14. The van der Waals surface area contributed by atoms with Gasteiger partial charge in [-0.2, -0.15) is 0 Å². The van der Waals surface area contributed by atoms with Crippen LogP contribution in [0.2, 0.25) is 0 Å². The minimum Gasteiger partial charge on any atom is -0.475 e. The minimum absolute atomic E-state index is 0.424. The number of carboxylic acid groups (broad SMARTS) is 1. The van der Waals surface area contributed by atoms with Crippen LogP contribution in [0.3, 0.4) is 0 Å². The summed E-state index contributed by atoms with van der Waals surface area (Å²) in [4.78, 5) is 21.2. The lowest BCUT2D eigenvalue weighted by Crippen LogP contribution is -2.08. The van der Waals surface area contributed by atoms with Crippen molar-refractivity contribution in [3.05, 3.63) is 52.7 Å². The van der Waals surface area contributed by atoms with Crippen LogP contribution in [0.15, 0.2) is 51.4 Å². The summed E-state index contributed by atoms with van der Waals surface area (Å²) in [5.74, 6) is -1.40. The van der Waals surface area contributed by atoms with Gasteiger partial charge in [0, 0.05) is 10.0 Å². The predicted molar refractivity (Wildman–Crippen MR) is 73.5 cm³/mol. The van der Waals surface area contributed by atoms with E-state index in [9.17, 15) is 9.59 Å². The van der Waals surface area contributed by atoms with E-state index in [4.69, 9.17) is 9.52 Å². The number of carbonyl (C=O) groups is 2. The Morgan fingerprint density at radius 2 is 1.79 bits per heavy atom. The molecular formula is C14H9BrO4. The van der Waals surface area contributed by atoms with Crippen LogP contribution < -0.4 is 0 Å². The van der Waals surface area contributed by atoms with Gasteiger partial charge in [-0.05, 0) is 36.4 Å². The fourth-order valence-corrected chi connectivity index (χ4v) is 1.71. The third-order valence-electron chi connectivity index (χ3n) is 2.37. The van der Waals surface area contributed by atoms with Crippen molar-refractivity contribution < 1.29 is 19.1 Å². The number of rotatable bonds is 4. The molecule has 1 N–H and O–H groups in total. The molecule has 1 aromatic heterocycles. The zero-order valence-electron chi connectivity index (χ0n) is 9.67. The molecule has 0 fully saturated rings. The summed E-state index contributed by atoms with van der Waals surface area (Å²) in [6.45, 7) is 0. The third-order valence-corrected chi connectivity index (χ3v) is 2.89. The number of aliphatic carboxylic acids is 1. The number of carbonyl (C=O) groups excluding carboxylic acids is 1. The molecule has 1 aromatic carbocycles. The maximum Gasteiger partial charge on any atom is 0.376 e. The first-order chi connectivity index (χ1) is 9.06. The van der Waals surface area contributed by atoms with Gasteiger partial charge in [0.05, 0.1) is 0 Å². The highest BCUT2D eigenvalue weighted by molar-refractivity contribution is 9.10. The molecule has 1 heterocycles. The summed E-state index contributed by atoms with van der Waals surface area (Å²) in [6.07, 6.45) is 2.30. The van der Waals surface area contributed by atoms with Gasteiger partial charge in [0.15, 0.2) is 0 Å². The standard InChI is InChI=1S/C14H9BrO4/c15-10-3-1-9(2-4-10)13-8-6-11(19-13)5-7-12(16)14(17)18/h1-8H,(H,17,18)/b7-5+. The Labute approximate surface area is 117 Å². The monoisotopic (exact) mass is 320 g/mol. The van der Waals surface area contributed by atoms with Crippen molar-refractivity contribution in [2.75, 3.05) is 0 Å². The van der Waals surface area contributed by atoms with Crippen LogP contribution in [-0.4, -0.2) is 16.9 Å². The maximum atomic E-state index is 10.9. The largest absolute Gasteiger partial charge is 0.475 e. The maximum absolute atomic E-state index is 10.9. The lowest BCUT2D eigenvalue weighted by Gasteiger charge is -1.96. The summed E-state index contributed by atoms with van der Waals surface area (Å²) in [5, 5.41) is 8.43. The highest BCUT2D eigenvalue weighted by atomic mass is 79.9. The molecule has 0 unspecified atom stereocenters. The number of furan rings is 1. The molecule has 2 aromatic rings. The Morgan fingerprint density at radius 1 is 1.11 bits per heavy atom. The highest BCUT2D eigenvalue weighted by Crippen LogP contribution is 2.24. The van der Waals surface area contributed by atoms with E-state index < -0.39 is 11.8 Å². The molecule has 5 heteroatoms. The van der Waals surface area contributed by atoms with Crippen molar-refractivity contribution >= 4 is 33.8 Å². The fraction of sp³-hybridized carbons (Fsp3) is 0. The van der Waals surface area contributed by atoms with Crippen molar-refractivity contribution in [1.29, 1.82) is 0 Å². The van der Waals surface area contributed by atoms with Gasteiger partial charge in [-0.15, -0.1) is 0 Å². The molecule has 0 atom stereocenters.